The average Bonchev–Trinajstić information content (AvgIpc) is 2.51. The van der Waals surface area contributed by atoms with Gasteiger partial charge in [0.25, 0.3) is 0 Å². The quantitative estimate of drug-likeness (QED) is 0.885. The first-order chi connectivity index (χ1) is 10.1. The minimum absolute atomic E-state index is 0.260. The lowest BCUT2D eigenvalue weighted by Crippen LogP contribution is -2.20. The summed E-state index contributed by atoms with van der Waals surface area (Å²) in [7, 11) is 1.55. The van der Waals surface area contributed by atoms with E-state index >= 15 is 0 Å². The molecule has 2 atom stereocenters. The zero-order valence-corrected chi connectivity index (χ0v) is 13.0. The molecule has 0 radical (unpaired) electrons. The van der Waals surface area contributed by atoms with E-state index in [4.69, 9.17) is 33.7 Å². The molecule has 0 aliphatic heterocycles. The van der Waals surface area contributed by atoms with Gasteiger partial charge in [0.15, 0.2) is 0 Å². The zero-order valence-electron chi connectivity index (χ0n) is 11.5. The van der Waals surface area contributed by atoms with Crippen molar-refractivity contribution in [3.63, 3.8) is 0 Å². The van der Waals surface area contributed by atoms with Crippen LogP contribution in [-0.2, 0) is 0 Å². The van der Waals surface area contributed by atoms with Gasteiger partial charge in [0.1, 0.15) is 5.75 Å². The fourth-order valence-corrected chi connectivity index (χ4v) is 2.44. The summed E-state index contributed by atoms with van der Waals surface area (Å²) >= 11 is 11.9. The van der Waals surface area contributed by atoms with E-state index in [2.05, 4.69) is 4.98 Å². The highest BCUT2D eigenvalue weighted by atomic mass is 35.5. The molecule has 0 saturated carbocycles. The summed E-state index contributed by atoms with van der Waals surface area (Å²) in [6.45, 7) is 0.260. The van der Waals surface area contributed by atoms with Crippen molar-refractivity contribution in [2.45, 2.75) is 12.0 Å². The second-order valence-corrected chi connectivity index (χ2v) is 5.43. The van der Waals surface area contributed by atoms with Crippen LogP contribution in [0.1, 0.15) is 23.1 Å². The highest BCUT2D eigenvalue weighted by molar-refractivity contribution is 6.42. The van der Waals surface area contributed by atoms with E-state index in [0.717, 1.165) is 5.56 Å². The molecule has 0 aliphatic rings. The van der Waals surface area contributed by atoms with Crippen molar-refractivity contribution < 1.29 is 9.84 Å². The molecule has 1 aromatic carbocycles. The molecule has 0 aliphatic carbocycles. The lowest BCUT2D eigenvalue weighted by atomic mass is 9.90. The lowest BCUT2D eigenvalue weighted by Gasteiger charge is -2.22. The number of aliphatic hydroxyl groups is 1. The number of nitrogens with zero attached hydrogens (tertiary/aromatic N) is 1. The second-order valence-electron chi connectivity index (χ2n) is 4.62. The molecule has 0 saturated heterocycles. The van der Waals surface area contributed by atoms with Gasteiger partial charge in [-0.15, -0.1) is 0 Å². The number of benzene rings is 1. The van der Waals surface area contributed by atoms with Gasteiger partial charge in [-0.3, -0.25) is 4.98 Å². The minimum atomic E-state index is -0.810. The van der Waals surface area contributed by atoms with Crippen LogP contribution in [-0.4, -0.2) is 23.7 Å². The molecule has 2 rings (SSSR count). The topological polar surface area (TPSA) is 68.4 Å². The standard InChI is InChI=1S/C15H16Cl2N2O2/c1-21-11-4-10(7-19-8-11)15(20)12(6-18)9-2-3-13(16)14(17)5-9/h2-5,7-8,12,15,20H,6,18H2,1H3. The van der Waals surface area contributed by atoms with Crippen LogP contribution in [0.3, 0.4) is 0 Å². The van der Waals surface area contributed by atoms with Crippen LogP contribution < -0.4 is 10.5 Å². The lowest BCUT2D eigenvalue weighted by molar-refractivity contribution is 0.146. The molecule has 0 bridgehead atoms. The highest BCUT2D eigenvalue weighted by Crippen LogP contribution is 2.34. The average molecular weight is 327 g/mol. The van der Waals surface area contributed by atoms with Gasteiger partial charge in [0, 0.05) is 24.2 Å². The number of ether oxygens (including phenoxy) is 1. The number of aromatic nitrogens is 1. The Morgan fingerprint density at radius 3 is 2.57 bits per heavy atom. The number of methoxy groups -OCH3 is 1. The maximum absolute atomic E-state index is 10.6. The van der Waals surface area contributed by atoms with Gasteiger partial charge >= 0.3 is 0 Å². The monoisotopic (exact) mass is 326 g/mol. The van der Waals surface area contributed by atoms with Crippen LogP contribution in [0.15, 0.2) is 36.7 Å². The van der Waals surface area contributed by atoms with E-state index in [0.29, 0.717) is 21.4 Å². The van der Waals surface area contributed by atoms with Crippen molar-refractivity contribution in [2.75, 3.05) is 13.7 Å². The number of hydrogen-bond acceptors (Lipinski definition) is 4. The Hall–Kier alpha value is -1.33. The Kier molecular flexibility index (Phi) is 5.42. The smallest absolute Gasteiger partial charge is 0.137 e. The molecule has 0 spiro atoms. The number of rotatable bonds is 5. The van der Waals surface area contributed by atoms with Crippen molar-refractivity contribution in [3.05, 3.63) is 57.8 Å². The summed E-state index contributed by atoms with van der Waals surface area (Å²) in [4.78, 5) is 4.05. The van der Waals surface area contributed by atoms with Crippen LogP contribution in [0.4, 0.5) is 0 Å². The molecule has 2 aromatic rings. The van der Waals surface area contributed by atoms with E-state index in [1.165, 1.54) is 0 Å². The van der Waals surface area contributed by atoms with E-state index in [1.807, 2.05) is 6.07 Å². The molecular weight excluding hydrogens is 311 g/mol. The van der Waals surface area contributed by atoms with Gasteiger partial charge in [-0.2, -0.15) is 0 Å². The van der Waals surface area contributed by atoms with Gasteiger partial charge in [0.05, 0.1) is 29.5 Å². The maximum Gasteiger partial charge on any atom is 0.137 e. The fraction of sp³-hybridized carbons (Fsp3) is 0.267. The number of nitrogens with two attached hydrogens (primary N) is 1. The first-order valence-corrected chi connectivity index (χ1v) is 7.14. The van der Waals surface area contributed by atoms with Crippen molar-refractivity contribution in [3.8, 4) is 5.75 Å². The molecule has 21 heavy (non-hydrogen) atoms. The van der Waals surface area contributed by atoms with Crippen molar-refractivity contribution in [1.29, 1.82) is 0 Å². The van der Waals surface area contributed by atoms with Crippen LogP contribution in [0.25, 0.3) is 0 Å². The molecular formula is C15H16Cl2N2O2. The van der Waals surface area contributed by atoms with Crippen LogP contribution in [0, 0.1) is 0 Å². The molecule has 1 heterocycles. The molecule has 2 unspecified atom stereocenters. The molecule has 1 aromatic heterocycles. The van der Waals surface area contributed by atoms with E-state index in [-0.39, 0.29) is 12.5 Å². The molecule has 3 N–H and O–H groups in total. The molecule has 112 valence electrons. The summed E-state index contributed by atoms with van der Waals surface area (Å²) in [5, 5.41) is 11.5. The van der Waals surface area contributed by atoms with Crippen molar-refractivity contribution in [1.82, 2.24) is 4.98 Å². The minimum Gasteiger partial charge on any atom is -0.495 e. The van der Waals surface area contributed by atoms with Gasteiger partial charge in [-0.1, -0.05) is 29.3 Å². The summed E-state index contributed by atoms with van der Waals surface area (Å²) in [6.07, 6.45) is 2.36. The molecule has 4 nitrogen and oxygen atoms in total. The van der Waals surface area contributed by atoms with E-state index < -0.39 is 6.10 Å². The van der Waals surface area contributed by atoms with Crippen molar-refractivity contribution >= 4 is 23.2 Å². The summed E-state index contributed by atoms with van der Waals surface area (Å²) < 4.78 is 5.12. The van der Waals surface area contributed by atoms with Gasteiger partial charge in [-0.25, -0.2) is 0 Å². The number of pyridine rings is 1. The summed E-state index contributed by atoms with van der Waals surface area (Å²) in [6, 6.07) is 6.96. The Bertz CT molecular complexity index is 622. The first-order valence-electron chi connectivity index (χ1n) is 6.38. The van der Waals surface area contributed by atoms with Crippen molar-refractivity contribution in [2.24, 2.45) is 5.73 Å². The van der Waals surface area contributed by atoms with Gasteiger partial charge in [-0.05, 0) is 23.8 Å². The zero-order chi connectivity index (χ0) is 15.4. The fourth-order valence-electron chi connectivity index (χ4n) is 2.13. The van der Waals surface area contributed by atoms with Gasteiger partial charge in [0.2, 0.25) is 0 Å². The highest BCUT2D eigenvalue weighted by Gasteiger charge is 2.23. The third-order valence-electron chi connectivity index (χ3n) is 3.32. The first kappa shape index (κ1) is 16.0. The number of halogens is 2. The Labute approximate surface area is 133 Å². The second kappa shape index (κ2) is 7.09. The third kappa shape index (κ3) is 3.66. The Morgan fingerprint density at radius 2 is 1.95 bits per heavy atom. The van der Waals surface area contributed by atoms with Crippen LogP contribution in [0.2, 0.25) is 10.0 Å². The van der Waals surface area contributed by atoms with Crippen LogP contribution >= 0.6 is 23.2 Å². The number of aliphatic hydroxyl groups excluding tert-OH is 1. The predicted octanol–water partition coefficient (Wildman–Crippen LogP) is 3.17. The largest absolute Gasteiger partial charge is 0.495 e. The van der Waals surface area contributed by atoms with Crippen LogP contribution in [0.5, 0.6) is 5.75 Å². The summed E-state index contributed by atoms with van der Waals surface area (Å²) in [5.41, 5.74) is 7.27. The number of hydrogen-bond donors (Lipinski definition) is 2. The van der Waals surface area contributed by atoms with E-state index in [9.17, 15) is 5.11 Å². The molecule has 6 heteroatoms. The maximum atomic E-state index is 10.6. The Morgan fingerprint density at radius 1 is 1.19 bits per heavy atom. The van der Waals surface area contributed by atoms with E-state index in [1.54, 1.807) is 37.7 Å². The normalized spacial score (nSPS) is 13.8. The predicted molar refractivity (Wildman–Crippen MR) is 84.0 cm³/mol. The molecule has 0 fully saturated rings. The molecule has 0 amide bonds. The third-order valence-corrected chi connectivity index (χ3v) is 4.06. The Balaban J connectivity index is 2.32. The SMILES string of the molecule is COc1cncc(C(O)C(CN)c2ccc(Cl)c(Cl)c2)c1. The summed E-state index contributed by atoms with van der Waals surface area (Å²) in [5.74, 6) is 0.269. The van der Waals surface area contributed by atoms with Gasteiger partial charge < -0.3 is 15.6 Å².